The first kappa shape index (κ1) is 15.7. The van der Waals surface area contributed by atoms with Crippen LogP contribution in [0.15, 0.2) is 24.3 Å². The largest absolute Gasteiger partial charge is 0.481 e. The van der Waals surface area contributed by atoms with Crippen LogP contribution in [0, 0.1) is 6.92 Å². The van der Waals surface area contributed by atoms with Crippen LogP contribution in [0.4, 0.5) is 0 Å². The molecule has 0 spiro atoms. The van der Waals surface area contributed by atoms with Gasteiger partial charge in [0.1, 0.15) is 0 Å². The number of sulfonamides is 1. The molecule has 1 aromatic carbocycles. The van der Waals surface area contributed by atoms with Gasteiger partial charge in [0, 0.05) is 12.5 Å². The van der Waals surface area contributed by atoms with Crippen LogP contribution in [0.5, 0.6) is 0 Å². The summed E-state index contributed by atoms with van der Waals surface area (Å²) in [6, 6.07) is 7.27. The van der Waals surface area contributed by atoms with Crippen LogP contribution >= 0.6 is 0 Å². The minimum atomic E-state index is -3.45. The predicted molar refractivity (Wildman–Crippen MR) is 73.4 cm³/mol. The number of carboxylic acids is 1. The Balaban J connectivity index is 2.57. The number of carboxylic acid groups (broad SMARTS) is 1. The monoisotopic (exact) mass is 285 g/mol. The SMILES string of the molecule is Cc1ccc([C@@H](C)NS(=O)(=O)CCCC(=O)O)cc1. The quantitative estimate of drug-likeness (QED) is 0.800. The summed E-state index contributed by atoms with van der Waals surface area (Å²) in [7, 11) is -3.45. The molecule has 0 saturated carbocycles. The van der Waals surface area contributed by atoms with Gasteiger partial charge >= 0.3 is 5.97 Å². The van der Waals surface area contributed by atoms with Gasteiger partial charge in [-0.1, -0.05) is 29.8 Å². The van der Waals surface area contributed by atoms with E-state index in [1.807, 2.05) is 31.2 Å². The van der Waals surface area contributed by atoms with Gasteiger partial charge in [-0.05, 0) is 25.8 Å². The van der Waals surface area contributed by atoms with E-state index in [4.69, 9.17) is 5.11 Å². The van der Waals surface area contributed by atoms with Crippen molar-refractivity contribution in [1.82, 2.24) is 4.72 Å². The molecule has 5 nitrogen and oxygen atoms in total. The number of nitrogens with one attached hydrogen (secondary N) is 1. The van der Waals surface area contributed by atoms with Crippen LogP contribution < -0.4 is 4.72 Å². The maximum Gasteiger partial charge on any atom is 0.303 e. The lowest BCUT2D eigenvalue weighted by Crippen LogP contribution is -2.29. The first-order chi connectivity index (χ1) is 8.80. The van der Waals surface area contributed by atoms with Crippen molar-refractivity contribution in [2.45, 2.75) is 32.7 Å². The van der Waals surface area contributed by atoms with Crippen molar-refractivity contribution in [3.05, 3.63) is 35.4 Å². The summed E-state index contributed by atoms with van der Waals surface area (Å²) in [6.07, 6.45) is -0.0227. The van der Waals surface area contributed by atoms with Crippen LogP contribution in [0.2, 0.25) is 0 Å². The van der Waals surface area contributed by atoms with Crippen molar-refractivity contribution in [3.63, 3.8) is 0 Å². The van der Waals surface area contributed by atoms with Crippen molar-refractivity contribution < 1.29 is 18.3 Å². The molecule has 0 saturated heterocycles. The van der Waals surface area contributed by atoms with Gasteiger partial charge in [0.15, 0.2) is 0 Å². The van der Waals surface area contributed by atoms with Gasteiger partial charge in [-0.2, -0.15) is 0 Å². The number of aryl methyl sites for hydroxylation is 1. The second-order valence-electron chi connectivity index (χ2n) is 4.57. The fourth-order valence-corrected chi connectivity index (χ4v) is 2.98. The highest BCUT2D eigenvalue weighted by Crippen LogP contribution is 2.14. The highest BCUT2D eigenvalue weighted by Gasteiger charge is 2.16. The molecule has 0 radical (unpaired) electrons. The third-order valence-electron chi connectivity index (χ3n) is 2.74. The maximum atomic E-state index is 11.8. The van der Waals surface area contributed by atoms with Crippen LogP contribution in [-0.4, -0.2) is 25.2 Å². The van der Waals surface area contributed by atoms with Crippen molar-refractivity contribution >= 4 is 16.0 Å². The zero-order chi connectivity index (χ0) is 14.5. The molecular weight excluding hydrogens is 266 g/mol. The summed E-state index contributed by atoms with van der Waals surface area (Å²) in [5.41, 5.74) is 1.99. The highest BCUT2D eigenvalue weighted by molar-refractivity contribution is 7.89. The van der Waals surface area contributed by atoms with Gasteiger partial charge in [0.05, 0.1) is 5.75 Å². The number of hydrogen-bond acceptors (Lipinski definition) is 3. The lowest BCUT2D eigenvalue weighted by Gasteiger charge is -2.14. The molecule has 1 rings (SSSR count). The molecule has 0 fully saturated rings. The lowest BCUT2D eigenvalue weighted by atomic mass is 10.1. The zero-order valence-corrected chi connectivity index (χ0v) is 11.9. The van der Waals surface area contributed by atoms with Crippen LogP contribution in [0.1, 0.15) is 36.9 Å². The molecule has 106 valence electrons. The van der Waals surface area contributed by atoms with Crippen molar-refractivity contribution in [3.8, 4) is 0 Å². The van der Waals surface area contributed by atoms with Gasteiger partial charge in [-0.3, -0.25) is 4.79 Å². The Hall–Kier alpha value is -1.40. The third-order valence-corrected chi connectivity index (χ3v) is 4.28. The van der Waals surface area contributed by atoms with Gasteiger partial charge < -0.3 is 5.11 Å². The standard InChI is InChI=1S/C13H19NO4S/c1-10-5-7-12(8-6-10)11(2)14-19(17,18)9-3-4-13(15)16/h5-8,11,14H,3-4,9H2,1-2H3,(H,15,16)/t11-/m1/s1. The van der Waals surface area contributed by atoms with E-state index in [0.29, 0.717) is 0 Å². The smallest absolute Gasteiger partial charge is 0.303 e. The normalized spacial score (nSPS) is 13.2. The molecule has 6 heteroatoms. The highest BCUT2D eigenvalue weighted by atomic mass is 32.2. The minimum absolute atomic E-state index is 0.116. The van der Waals surface area contributed by atoms with E-state index in [-0.39, 0.29) is 24.6 Å². The summed E-state index contributed by atoms with van der Waals surface area (Å²) in [5.74, 6) is -1.16. The number of benzene rings is 1. The molecule has 2 N–H and O–H groups in total. The van der Waals surface area contributed by atoms with E-state index in [0.717, 1.165) is 11.1 Å². The predicted octanol–water partition coefficient (Wildman–Crippen LogP) is 1.84. The number of hydrogen-bond donors (Lipinski definition) is 2. The van der Waals surface area contributed by atoms with Crippen molar-refractivity contribution in [2.24, 2.45) is 0 Å². The van der Waals surface area contributed by atoms with E-state index in [1.165, 1.54) is 0 Å². The topological polar surface area (TPSA) is 83.5 Å². The minimum Gasteiger partial charge on any atom is -0.481 e. The van der Waals surface area contributed by atoms with Gasteiger partial charge in [-0.15, -0.1) is 0 Å². The van der Waals surface area contributed by atoms with Gasteiger partial charge in [0.25, 0.3) is 0 Å². The Labute approximate surface area is 113 Å². The molecule has 1 atom stereocenters. The van der Waals surface area contributed by atoms with E-state index < -0.39 is 16.0 Å². The van der Waals surface area contributed by atoms with E-state index in [1.54, 1.807) is 6.92 Å². The van der Waals surface area contributed by atoms with Crippen molar-refractivity contribution in [1.29, 1.82) is 0 Å². The molecule has 0 amide bonds. The summed E-state index contributed by atoms with van der Waals surface area (Å²) >= 11 is 0. The molecule has 0 aliphatic rings. The van der Waals surface area contributed by atoms with E-state index in [2.05, 4.69) is 4.72 Å². The first-order valence-corrected chi connectivity index (χ1v) is 7.74. The van der Waals surface area contributed by atoms with Gasteiger partial charge in [-0.25, -0.2) is 13.1 Å². The fourth-order valence-electron chi connectivity index (χ4n) is 1.66. The average Bonchev–Trinajstić information content (AvgIpc) is 2.28. The lowest BCUT2D eigenvalue weighted by molar-refractivity contribution is -0.137. The molecule has 0 aliphatic heterocycles. The van der Waals surface area contributed by atoms with Crippen LogP contribution in [0.25, 0.3) is 0 Å². The zero-order valence-electron chi connectivity index (χ0n) is 11.1. The second-order valence-corrected chi connectivity index (χ2v) is 6.44. The molecular formula is C13H19NO4S. The Morgan fingerprint density at radius 1 is 1.32 bits per heavy atom. The molecule has 0 heterocycles. The molecule has 0 bridgehead atoms. The molecule has 0 aromatic heterocycles. The average molecular weight is 285 g/mol. The molecule has 0 unspecified atom stereocenters. The summed E-state index contributed by atoms with van der Waals surface area (Å²) in [5, 5.41) is 8.48. The summed E-state index contributed by atoms with van der Waals surface area (Å²) in [4.78, 5) is 10.3. The van der Waals surface area contributed by atoms with Crippen molar-refractivity contribution in [2.75, 3.05) is 5.75 Å². The number of rotatable bonds is 7. The Morgan fingerprint density at radius 3 is 2.42 bits per heavy atom. The number of aliphatic carboxylic acids is 1. The third kappa shape index (κ3) is 5.85. The van der Waals surface area contributed by atoms with Crippen LogP contribution in [-0.2, 0) is 14.8 Å². The van der Waals surface area contributed by atoms with E-state index in [9.17, 15) is 13.2 Å². The summed E-state index contributed by atoms with van der Waals surface area (Å²) in [6.45, 7) is 3.73. The van der Waals surface area contributed by atoms with Gasteiger partial charge in [0.2, 0.25) is 10.0 Å². The van der Waals surface area contributed by atoms with Crippen LogP contribution in [0.3, 0.4) is 0 Å². The Bertz CT molecular complexity index is 522. The summed E-state index contributed by atoms with van der Waals surface area (Å²) < 4.78 is 26.1. The maximum absolute atomic E-state index is 11.8. The Kier molecular flexibility index (Phi) is 5.50. The first-order valence-electron chi connectivity index (χ1n) is 6.08. The Morgan fingerprint density at radius 2 is 1.89 bits per heavy atom. The molecule has 19 heavy (non-hydrogen) atoms. The molecule has 1 aromatic rings. The second kappa shape index (κ2) is 6.68. The fraction of sp³-hybridized carbons (Fsp3) is 0.462. The molecule has 0 aliphatic carbocycles. The van der Waals surface area contributed by atoms with E-state index >= 15 is 0 Å². The number of carbonyl (C=O) groups is 1.